The van der Waals surface area contributed by atoms with Crippen molar-refractivity contribution >= 4 is 148 Å². The van der Waals surface area contributed by atoms with Crippen molar-refractivity contribution in [3.8, 4) is 68.2 Å². The molecule has 8 atom stereocenters. The van der Waals surface area contributed by atoms with Gasteiger partial charge >= 0.3 is 7.12 Å². The van der Waals surface area contributed by atoms with Crippen LogP contribution in [0.15, 0.2) is 137 Å². The topological polar surface area (TPSA) is 419 Å². The van der Waals surface area contributed by atoms with Gasteiger partial charge in [-0.25, -0.2) is 0 Å². The van der Waals surface area contributed by atoms with E-state index in [1.165, 1.54) is 9.80 Å². The first-order valence-electron chi connectivity index (χ1n) is 31.6. The Hall–Kier alpha value is -9.19. The predicted octanol–water partition coefficient (Wildman–Crippen LogP) is 3.43. The highest BCUT2D eigenvalue weighted by Crippen LogP contribution is 2.57. The van der Waals surface area contributed by atoms with Crippen LogP contribution in [0.2, 0.25) is 0 Å². The molecule has 6 aliphatic carbocycles. The van der Waals surface area contributed by atoms with Crippen LogP contribution < -0.4 is 45.4 Å². The smallest absolute Gasteiger partial charge is 0.488 e. The summed E-state index contributed by atoms with van der Waals surface area (Å²) in [5.74, 6) is -10.3. The van der Waals surface area contributed by atoms with Crippen LogP contribution in [0.5, 0.6) is 46.0 Å². The predicted molar refractivity (Wildman–Crippen MR) is 413 cm³/mol. The summed E-state index contributed by atoms with van der Waals surface area (Å²) in [6, 6.07) is 16.5. The van der Waals surface area contributed by atoms with Crippen molar-refractivity contribution in [2.45, 2.75) is 63.8 Å². The second-order valence-corrected chi connectivity index (χ2v) is 27.8. The zero-order valence-electron chi connectivity index (χ0n) is 55.9. The number of nitrogens with two attached hydrogens (primary N) is 2. The number of carbonyl (C=O) groups excluding carboxylic acids is 6. The summed E-state index contributed by atoms with van der Waals surface area (Å²) >= 11 is 4.00. The SMILES string of the molecule is C.C.C=C=C=C=C=C.CN(C)[C@@H]1C(=O)C(C(N)=O)=C(O)[C@@]2(O)C(=O)C3=C(O)c4c(O)c(-c5ccc6c(c5)OCO6)cc(-c5ccc6c(c5)OCO6)c4C[C@H]3CC12.CN(C)[C@@H]1C(=O)C(C(N)=O)=C(O)[C@@]2(O)C(=O)C3=C(O)c4c(O)c(I)cc(I)c4C[C@H]3CC12.OB(O)c1ccc2c(c1)OCO2.[B]B([B])B([B])[B]. The number of likely N-dealkylation sites (N-methyl/N-ethyl adjacent to an activating group) is 2. The summed E-state index contributed by atoms with van der Waals surface area (Å²) < 4.78 is 33.5. The van der Waals surface area contributed by atoms with Gasteiger partial charge in [-0.15, -0.1) is 0 Å². The molecule has 2 unspecified atom stereocenters. The third kappa shape index (κ3) is 14.6. The van der Waals surface area contributed by atoms with Gasteiger partial charge in [0, 0.05) is 75.8 Å². The van der Waals surface area contributed by atoms with Crippen LogP contribution >= 0.6 is 45.2 Å². The Bertz CT molecular complexity index is 4760. The van der Waals surface area contributed by atoms with Crippen LogP contribution in [0.4, 0.5) is 0 Å². The number of rotatable bonds is 8. The van der Waals surface area contributed by atoms with E-state index < -0.39 is 136 Å². The molecule has 0 saturated heterocycles. The molecule has 2 saturated carbocycles. The monoisotopic (exact) mass is 1660 g/mol. The molecule has 14 rings (SSSR count). The van der Waals surface area contributed by atoms with Gasteiger partial charge in [0.15, 0.2) is 57.3 Å². The molecule has 5 aromatic rings. The largest absolute Gasteiger partial charge is 0.508 e. The summed E-state index contributed by atoms with van der Waals surface area (Å²) in [6.07, 6.45) is -0.731. The second-order valence-electron chi connectivity index (χ2n) is 25.5. The molecule has 0 bridgehead atoms. The van der Waals surface area contributed by atoms with Crippen LogP contribution in [-0.2, 0) is 41.6 Å². The zero-order valence-corrected chi connectivity index (χ0v) is 60.2. The molecule has 9 aliphatic rings. The van der Waals surface area contributed by atoms with Crippen molar-refractivity contribution < 1.29 is 108 Å². The zero-order chi connectivity index (χ0) is 76.2. The van der Waals surface area contributed by atoms with Crippen LogP contribution in [-0.4, -0.2) is 218 Å². The molecule has 0 aromatic heterocycles. The maximum atomic E-state index is 14.4. The molecule has 2 amide bonds. The molecule has 35 heteroatoms. The van der Waals surface area contributed by atoms with E-state index in [-0.39, 0.29) is 94.7 Å². The highest BCUT2D eigenvalue weighted by atomic mass is 127. The fraction of sp³-hybridized carbons (Fsp3) is 0.296. The number of nitrogens with zero attached hydrogens (tertiary/aromatic N) is 2. The minimum atomic E-state index is -2.74. The lowest BCUT2D eigenvalue weighted by Crippen LogP contribution is -2.65. The van der Waals surface area contributed by atoms with Crippen molar-refractivity contribution in [1.82, 2.24) is 9.80 Å². The molecule has 2 fully saturated rings. The van der Waals surface area contributed by atoms with E-state index in [9.17, 15) is 69.6 Å². The summed E-state index contributed by atoms with van der Waals surface area (Å²) in [5.41, 5.74) is 16.6. The number of phenols is 2. The van der Waals surface area contributed by atoms with E-state index in [0.29, 0.717) is 76.9 Å². The molecular weight excluding hydrogens is 1590 g/mol. The van der Waals surface area contributed by atoms with Gasteiger partial charge < -0.3 is 90.8 Å². The summed E-state index contributed by atoms with van der Waals surface area (Å²) in [5, 5.41) is 109. The van der Waals surface area contributed by atoms with E-state index in [4.69, 9.17) is 80.9 Å². The molecule has 5 aromatic carbocycles. The number of phenolic OH excluding ortho intramolecular Hbond substituents is 2. The van der Waals surface area contributed by atoms with Crippen LogP contribution in [0.25, 0.3) is 33.8 Å². The maximum Gasteiger partial charge on any atom is 0.488 e. The number of benzene rings is 5. The lowest BCUT2D eigenvalue weighted by Gasteiger charge is -2.50. The fourth-order valence-electron chi connectivity index (χ4n) is 14.3. The first-order valence-corrected chi connectivity index (χ1v) is 33.7. The molecule has 540 valence electrons. The summed E-state index contributed by atoms with van der Waals surface area (Å²) in [7, 11) is 24.6. The normalized spacial score (nSPS) is 22.5. The Morgan fingerprint density at radius 2 is 0.925 bits per heavy atom. The first-order chi connectivity index (χ1) is 49.1. The molecule has 3 heterocycles. The van der Waals surface area contributed by atoms with Gasteiger partial charge in [0.1, 0.15) is 45.7 Å². The Kier molecular flexibility index (Phi) is 25.3. The van der Waals surface area contributed by atoms with E-state index in [1.54, 1.807) is 88.9 Å². The van der Waals surface area contributed by atoms with E-state index in [0.717, 1.165) is 3.57 Å². The number of primary amides is 2. The van der Waals surface area contributed by atoms with E-state index in [1.807, 2.05) is 28.7 Å². The number of ether oxygens (including phenoxy) is 6. The third-order valence-corrected chi connectivity index (χ3v) is 20.9. The van der Waals surface area contributed by atoms with Crippen LogP contribution in [0.1, 0.15) is 49.9 Å². The molecule has 8 radical (unpaired) electrons. The third-order valence-electron chi connectivity index (χ3n) is 19.1. The quantitative estimate of drug-likeness (QED) is 0.0458. The van der Waals surface area contributed by atoms with Crippen molar-refractivity contribution in [2.75, 3.05) is 48.6 Å². The van der Waals surface area contributed by atoms with Crippen molar-refractivity contribution in [3.63, 3.8) is 0 Å². The van der Waals surface area contributed by atoms with Crippen LogP contribution in [0, 0.1) is 30.8 Å². The molecule has 3 aliphatic heterocycles. The highest BCUT2D eigenvalue weighted by Gasteiger charge is 2.66. The average molecular weight is 1660 g/mol. The number of hydrogen-bond acceptors (Lipinski definition) is 24. The number of hydrogen-bond donors (Lipinski definition) is 12. The van der Waals surface area contributed by atoms with Gasteiger partial charge in [-0.2, -0.15) is 0 Å². The van der Waals surface area contributed by atoms with Gasteiger partial charge in [0.2, 0.25) is 31.9 Å². The lowest BCUT2D eigenvalue weighted by molar-refractivity contribution is -0.155. The highest BCUT2D eigenvalue weighted by molar-refractivity contribution is 14.1. The number of aliphatic hydroxyl groups excluding tert-OH is 4. The van der Waals surface area contributed by atoms with Gasteiger partial charge in [-0.3, -0.25) is 38.6 Å². The fourth-order valence-corrected chi connectivity index (χ4v) is 16.3. The number of Topliss-reactive ketones (excluding diaryl/α,β-unsaturated/α-hetero) is 4. The minimum absolute atomic E-state index is 0. The van der Waals surface area contributed by atoms with E-state index in [2.05, 4.69) is 58.7 Å². The molecule has 106 heavy (non-hydrogen) atoms. The molecular formula is C71H69B7I2N4O22. The number of aliphatic hydroxyl groups is 6. The Balaban J connectivity index is 0.000000208. The molecule has 0 spiro atoms. The number of fused-ring (bicyclic) bond motifs is 9. The maximum absolute atomic E-state index is 14.4. The number of halogens is 2. The van der Waals surface area contributed by atoms with Gasteiger partial charge in [-0.05, 0) is 217 Å². The average Bonchev–Trinajstić information content (AvgIpc) is 0.708. The number of carbonyl (C=O) groups is 6. The first kappa shape index (κ1) is 82.5. The van der Waals surface area contributed by atoms with Crippen molar-refractivity contribution in [1.29, 1.82) is 0 Å². The Morgan fingerprint density at radius 1 is 0.547 bits per heavy atom. The second kappa shape index (κ2) is 32.5. The molecule has 14 N–H and O–H groups in total. The summed E-state index contributed by atoms with van der Waals surface area (Å²) in [4.78, 5) is 81.7. The number of ketones is 4. The van der Waals surface area contributed by atoms with Crippen molar-refractivity contribution in [2.24, 2.45) is 35.1 Å². The lowest BCUT2D eigenvalue weighted by atomic mass is 8.81. The summed E-state index contributed by atoms with van der Waals surface area (Å²) in [6.45, 7) is 6.75. The number of amides is 2. The Morgan fingerprint density at radius 3 is 1.31 bits per heavy atom. The van der Waals surface area contributed by atoms with Gasteiger partial charge in [0.05, 0.1) is 26.8 Å². The minimum Gasteiger partial charge on any atom is -0.508 e. The van der Waals surface area contributed by atoms with Gasteiger partial charge in [0.25, 0.3) is 11.8 Å². The Labute approximate surface area is 643 Å². The standard InChI is InChI=1S/C35H30N2O11.C21H20I2N2O7.C7H7BO4.C6H4.2CH4.B6/c1-37(2)28-20-8-16-7-19-17(14-3-5-21-23(9-14)47-12-45-21)11-18(15-4-6-22-24(10-15)48-13-46-22)29(38)26(19)30(39)25(16)32(41)35(20,44)33(42)27(31(28)40)34(36)43;1-25(2)14-8-4-6-3-7-9(22)5-10(23)15(26)12(7)16(27)11(6)18(29)21(8,32)19(30)13(17(14)28)20(24)31;9-8(10)5-1-2-6-7(3-5)12-4-11-6;1-3-5-6-4-2;;;1-5(2)6(3)4/h3-6,9-11,16,20,28,38-39,42,44H,7-8,12-13H2,1-2H3,(H2,36,43);5-6,8,14,26-27,30,32H,3-4H2,1-2H3,(H2,24,31);1-3,9-10H,4H2;1-2H2;2*1H4;/t16-,20?,28-,35-;6-,8?,14-,21-;;;;;/m00...../s1. The van der Waals surface area contributed by atoms with Crippen LogP contribution in [0.3, 0.4) is 0 Å². The van der Waals surface area contributed by atoms with Gasteiger partial charge in [-0.1, -0.05) is 44.5 Å². The van der Waals surface area contributed by atoms with E-state index >= 15 is 0 Å². The van der Waals surface area contributed by atoms with Crippen molar-refractivity contribution in [3.05, 3.63) is 166 Å². The number of aromatic hydroxyl groups is 2. The molecule has 26 nitrogen and oxygen atoms in total.